The van der Waals surface area contributed by atoms with Gasteiger partial charge in [0.25, 0.3) is 5.91 Å². The number of piperidine rings is 1. The third kappa shape index (κ3) is 3.67. The first-order valence-corrected chi connectivity index (χ1v) is 8.99. The lowest BCUT2D eigenvalue weighted by Gasteiger charge is -2.35. The number of hydrogen-bond donors (Lipinski definition) is 2. The molecule has 0 unspecified atom stereocenters. The van der Waals surface area contributed by atoms with Crippen molar-refractivity contribution in [1.29, 1.82) is 0 Å². The number of fused-ring (bicyclic) bond motifs is 1. The van der Waals surface area contributed by atoms with Crippen LogP contribution in [0.1, 0.15) is 22.7 Å². The summed E-state index contributed by atoms with van der Waals surface area (Å²) in [7, 11) is 2.01. The van der Waals surface area contributed by atoms with Crippen LogP contribution >= 0.6 is 0 Å². The van der Waals surface area contributed by atoms with Crippen LogP contribution < -0.4 is 5.32 Å². The average molecular weight is 366 g/mol. The fraction of sp³-hybridized carbons (Fsp3) is 0.368. The second kappa shape index (κ2) is 7.42. The minimum atomic E-state index is -0.644. The molecule has 2 atom stereocenters. The molecule has 0 saturated carbocycles. The SMILES string of the molecule is Cn1c(CN2CC[C@@H](NC(=O)c3cnccn3)[C@H](O)C2)nc2ccccc21. The number of aryl methyl sites for hydroxylation is 1. The van der Waals surface area contributed by atoms with Crippen LogP contribution in [-0.4, -0.2) is 60.7 Å². The quantitative estimate of drug-likeness (QED) is 0.707. The van der Waals surface area contributed by atoms with Crippen LogP contribution in [0.4, 0.5) is 0 Å². The van der Waals surface area contributed by atoms with Gasteiger partial charge in [0.1, 0.15) is 11.5 Å². The van der Waals surface area contributed by atoms with Gasteiger partial charge in [-0.2, -0.15) is 0 Å². The molecule has 3 heterocycles. The molecule has 4 rings (SSSR count). The van der Waals surface area contributed by atoms with Crippen molar-refractivity contribution in [3.63, 3.8) is 0 Å². The number of para-hydroxylation sites is 2. The van der Waals surface area contributed by atoms with E-state index in [1.165, 1.54) is 18.6 Å². The van der Waals surface area contributed by atoms with Gasteiger partial charge in [-0.25, -0.2) is 9.97 Å². The largest absolute Gasteiger partial charge is 0.390 e. The molecule has 1 aliphatic rings. The molecule has 2 N–H and O–H groups in total. The second-order valence-corrected chi connectivity index (χ2v) is 6.84. The molecule has 0 aliphatic carbocycles. The standard InChI is InChI=1S/C19H22N6O2/c1-24-16-5-3-2-4-13(16)22-18(24)12-25-9-6-14(17(26)11-25)23-19(27)15-10-20-7-8-21-15/h2-5,7-8,10,14,17,26H,6,9,11-12H2,1H3,(H,23,27)/t14-,17-/m1/s1. The molecule has 0 radical (unpaired) electrons. The van der Waals surface area contributed by atoms with E-state index in [1.54, 1.807) is 0 Å². The van der Waals surface area contributed by atoms with Crippen LogP contribution in [0.2, 0.25) is 0 Å². The molecule has 0 spiro atoms. The van der Waals surface area contributed by atoms with Crippen molar-refractivity contribution < 1.29 is 9.90 Å². The van der Waals surface area contributed by atoms with Crippen molar-refractivity contribution in [1.82, 2.24) is 29.7 Å². The van der Waals surface area contributed by atoms with Gasteiger partial charge in [-0.05, 0) is 18.6 Å². The summed E-state index contributed by atoms with van der Waals surface area (Å²) in [5.74, 6) is 0.654. The molecule has 1 saturated heterocycles. The Labute approximate surface area is 156 Å². The fourth-order valence-electron chi connectivity index (χ4n) is 3.50. The van der Waals surface area contributed by atoms with Gasteiger partial charge in [0.2, 0.25) is 0 Å². The molecule has 1 aliphatic heterocycles. The van der Waals surface area contributed by atoms with E-state index < -0.39 is 6.10 Å². The normalized spacial score (nSPS) is 20.7. The Morgan fingerprint density at radius 2 is 2.19 bits per heavy atom. The maximum atomic E-state index is 12.2. The number of likely N-dealkylation sites (tertiary alicyclic amines) is 1. The molecular formula is C19H22N6O2. The van der Waals surface area contributed by atoms with Crippen LogP contribution in [0.5, 0.6) is 0 Å². The molecule has 1 aromatic carbocycles. The number of amides is 1. The Bertz CT molecular complexity index is 942. The van der Waals surface area contributed by atoms with Crippen molar-refractivity contribution in [2.45, 2.75) is 25.1 Å². The number of nitrogens with zero attached hydrogens (tertiary/aromatic N) is 5. The third-order valence-corrected chi connectivity index (χ3v) is 5.02. The minimum absolute atomic E-state index is 0.256. The zero-order chi connectivity index (χ0) is 18.8. The molecule has 27 heavy (non-hydrogen) atoms. The summed E-state index contributed by atoms with van der Waals surface area (Å²) in [4.78, 5) is 27.0. The molecule has 140 valence electrons. The van der Waals surface area contributed by atoms with Gasteiger partial charge < -0.3 is 15.0 Å². The lowest BCUT2D eigenvalue weighted by atomic mass is 10.0. The highest BCUT2D eigenvalue weighted by atomic mass is 16.3. The predicted octanol–water partition coefficient (Wildman–Crippen LogP) is 0.728. The molecule has 2 aromatic heterocycles. The second-order valence-electron chi connectivity index (χ2n) is 6.84. The van der Waals surface area contributed by atoms with Gasteiger partial charge in [0, 0.05) is 32.5 Å². The van der Waals surface area contributed by atoms with Crippen LogP contribution in [-0.2, 0) is 13.6 Å². The van der Waals surface area contributed by atoms with E-state index in [4.69, 9.17) is 4.98 Å². The van der Waals surface area contributed by atoms with Crippen LogP contribution in [0.15, 0.2) is 42.9 Å². The zero-order valence-electron chi connectivity index (χ0n) is 15.1. The van der Waals surface area contributed by atoms with E-state index in [0.29, 0.717) is 19.5 Å². The number of aliphatic hydroxyl groups is 1. The first kappa shape index (κ1) is 17.6. The Morgan fingerprint density at radius 3 is 2.93 bits per heavy atom. The lowest BCUT2D eigenvalue weighted by Crippen LogP contribution is -2.54. The summed E-state index contributed by atoms with van der Waals surface area (Å²) < 4.78 is 2.09. The highest BCUT2D eigenvalue weighted by Crippen LogP contribution is 2.18. The summed E-state index contributed by atoms with van der Waals surface area (Å²) in [5, 5.41) is 13.4. The summed E-state index contributed by atoms with van der Waals surface area (Å²) in [5.41, 5.74) is 2.33. The molecule has 8 heteroatoms. The first-order valence-electron chi connectivity index (χ1n) is 8.99. The third-order valence-electron chi connectivity index (χ3n) is 5.02. The summed E-state index contributed by atoms with van der Waals surface area (Å²) in [6.07, 6.45) is 4.43. The number of benzene rings is 1. The number of rotatable bonds is 4. The van der Waals surface area contributed by atoms with Gasteiger partial charge in [0.05, 0.1) is 35.9 Å². The number of imidazole rings is 1. The number of carbonyl (C=O) groups is 1. The van der Waals surface area contributed by atoms with Crippen LogP contribution in [0.25, 0.3) is 11.0 Å². The van der Waals surface area contributed by atoms with Crippen LogP contribution in [0.3, 0.4) is 0 Å². The van der Waals surface area contributed by atoms with Gasteiger partial charge in [-0.15, -0.1) is 0 Å². The van der Waals surface area contributed by atoms with Crippen LogP contribution in [0, 0.1) is 0 Å². The molecule has 1 amide bonds. The highest BCUT2D eigenvalue weighted by molar-refractivity contribution is 5.92. The van der Waals surface area contributed by atoms with Crippen molar-refractivity contribution in [2.75, 3.05) is 13.1 Å². The van der Waals surface area contributed by atoms with E-state index in [0.717, 1.165) is 23.4 Å². The van der Waals surface area contributed by atoms with E-state index in [2.05, 4.69) is 30.8 Å². The van der Waals surface area contributed by atoms with Gasteiger partial charge >= 0.3 is 0 Å². The molecule has 0 bridgehead atoms. The smallest absolute Gasteiger partial charge is 0.271 e. The Kier molecular flexibility index (Phi) is 4.83. The summed E-state index contributed by atoms with van der Waals surface area (Å²) in [6.45, 7) is 1.91. The predicted molar refractivity (Wildman–Crippen MR) is 99.9 cm³/mol. The monoisotopic (exact) mass is 366 g/mol. The van der Waals surface area contributed by atoms with E-state index in [9.17, 15) is 9.90 Å². The van der Waals surface area contributed by atoms with Crippen molar-refractivity contribution in [3.05, 3.63) is 54.4 Å². The molecule has 3 aromatic rings. The maximum Gasteiger partial charge on any atom is 0.271 e. The van der Waals surface area contributed by atoms with Gasteiger partial charge in [-0.1, -0.05) is 12.1 Å². The number of aromatic nitrogens is 4. The zero-order valence-corrected chi connectivity index (χ0v) is 15.1. The highest BCUT2D eigenvalue weighted by Gasteiger charge is 2.30. The van der Waals surface area contributed by atoms with E-state index in [-0.39, 0.29) is 17.6 Å². The minimum Gasteiger partial charge on any atom is -0.390 e. The number of aliphatic hydroxyl groups excluding tert-OH is 1. The Balaban J connectivity index is 1.38. The number of β-amino-alcohol motifs (C(OH)–C–C–N with tert-alkyl or cyclic N) is 1. The Hall–Kier alpha value is -2.84. The molecule has 8 nitrogen and oxygen atoms in total. The summed E-state index contributed by atoms with van der Waals surface area (Å²) >= 11 is 0. The number of carbonyl (C=O) groups excluding carboxylic acids is 1. The van der Waals surface area contributed by atoms with Crippen molar-refractivity contribution in [3.8, 4) is 0 Å². The van der Waals surface area contributed by atoms with Gasteiger partial charge in [-0.3, -0.25) is 14.7 Å². The van der Waals surface area contributed by atoms with Gasteiger partial charge in [0.15, 0.2) is 0 Å². The topological polar surface area (TPSA) is 96.2 Å². The molecule has 1 fully saturated rings. The number of hydrogen-bond acceptors (Lipinski definition) is 6. The van der Waals surface area contributed by atoms with E-state index >= 15 is 0 Å². The van der Waals surface area contributed by atoms with E-state index in [1.807, 2.05) is 25.2 Å². The average Bonchev–Trinajstić information content (AvgIpc) is 3.00. The first-order chi connectivity index (χ1) is 13.1. The molecular weight excluding hydrogens is 344 g/mol. The van der Waals surface area contributed by atoms with Crippen molar-refractivity contribution in [2.24, 2.45) is 7.05 Å². The maximum absolute atomic E-state index is 12.2. The fourth-order valence-corrected chi connectivity index (χ4v) is 3.50. The number of nitrogens with one attached hydrogen (secondary N) is 1. The van der Waals surface area contributed by atoms with Crippen molar-refractivity contribution >= 4 is 16.9 Å². The Morgan fingerprint density at radius 1 is 1.33 bits per heavy atom. The lowest BCUT2D eigenvalue weighted by molar-refractivity contribution is 0.0337. The summed E-state index contributed by atoms with van der Waals surface area (Å²) in [6, 6.07) is 7.74.